The van der Waals surface area contributed by atoms with Crippen molar-refractivity contribution in [2.24, 2.45) is 11.8 Å². The van der Waals surface area contributed by atoms with Crippen LogP contribution in [0.5, 0.6) is 0 Å². The van der Waals surface area contributed by atoms with Crippen molar-refractivity contribution in [3.05, 3.63) is 35.4 Å². The molecule has 1 aliphatic carbocycles. The van der Waals surface area contributed by atoms with Crippen LogP contribution in [0.1, 0.15) is 62.1 Å². The van der Waals surface area contributed by atoms with Crippen molar-refractivity contribution in [1.82, 2.24) is 5.43 Å². The molecule has 0 bridgehead atoms. The Hall–Kier alpha value is -0.860. The van der Waals surface area contributed by atoms with Crippen molar-refractivity contribution >= 4 is 0 Å². The van der Waals surface area contributed by atoms with Gasteiger partial charge in [-0.05, 0) is 31.2 Å². The minimum Gasteiger partial charge on any atom is -0.271 e. The first-order valence-corrected chi connectivity index (χ1v) is 7.32. The molecule has 0 spiro atoms. The number of hydrogen-bond acceptors (Lipinski definition) is 2. The van der Waals surface area contributed by atoms with Gasteiger partial charge in [0, 0.05) is 6.04 Å². The molecule has 100 valence electrons. The second kappa shape index (κ2) is 6.91. The Morgan fingerprint density at radius 2 is 2.06 bits per heavy atom. The molecule has 1 atom stereocenters. The Labute approximate surface area is 111 Å². The highest BCUT2D eigenvalue weighted by Crippen LogP contribution is 2.30. The van der Waals surface area contributed by atoms with Crippen LogP contribution < -0.4 is 11.3 Å². The highest BCUT2D eigenvalue weighted by Gasteiger charge is 2.16. The summed E-state index contributed by atoms with van der Waals surface area (Å²) in [5.74, 6) is 6.65. The Kier molecular flexibility index (Phi) is 5.21. The van der Waals surface area contributed by atoms with Gasteiger partial charge in [-0.3, -0.25) is 11.3 Å². The van der Waals surface area contributed by atoms with Gasteiger partial charge >= 0.3 is 0 Å². The summed E-state index contributed by atoms with van der Waals surface area (Å²) in [6.45, 7) is 2.14. The fourth-order valence-corrected chi connectivity index (χ4v) is 3.11. The van der Waals surface area contributed by atoms with Crippen LogP contribution in [-0.4, -0.2) is 0 Å². The predicted molar refractivity (Wildman–Crippen MR) is 77.1 cm³/mol. The third kappa shape index (κ3) is 3.82. The zero-order chi connectivity index (χ0) is 12.8. The van der Waals surface area contributed by atoms with Crippen molar-refractivity contribution in [2.45, 2.75) is 57.9 Å². The van der Waals surface area contributed by atoms with E-state index in [-0.39, 0.29) is 0 Å². The van der Waals surface area contributed by atoms with Crippen molar-refractivity contribution in [1.29, 1.82) is 0 Å². The molecule has 0 heterocycles. The minimum absolute atomic E-state index is 0.312. The zero-order valence-corrected chi connectivity index (χ0v) is 11.5. The molecule has 2 heteroatoms. The topological polar surface area (TPSA) is 38.0 Å². The van der Waals surface area contributed by atoms with Crippen LogP contribution in [0.2, 0.25) is 0 Å². The van der Waals surface area contributed by atoms with Gasteiger partial charge in [0.25, 0.3) is 0 Å². The molecule has 0 saturated heterocycles. The molecule has 1 fully saturated rings. The van der Waals surface area contributed by atoms with Gasteiger partial charge < -0.3 is 0 Å². The SMILES string of the molecule is Cc1cccc(C(CCC2CCCCC2)NN)c1. The highest BCUT2D eigenvalue weighted by atomic mass is 15.2. The van der Waals surface area contributed by atoms with Crippen LogP contribution in [0.4, 0.5) is 0 Å². The van der Waals surface area contributed by atoms with E-state index in [1.807, 2.05) is 0 Å². The minimum atomic E-state index is 0.312. The molecule has 0 aliphatic heterocycles. The predicted octanol–water partition coefficient (Wildman–Crippen LogP) is 3.86. The smallest absolute Gasteiger partial charge is 0.0460 e. The van der Waals surface area contributed by atoms with E-state index in [0.29, 0.717) is 6.04 Å². The molecular formula is C16H26N2. The molecule has 1 unspecified atom stereocenters. The van der Waals surface area contributed by atoms with Gasteiger partial charge in [-0.15, -0.1) is 0 Å². The number of nitrogens with one attached hydrogen (secondary N) is 1. The van der Waals surface area contributed by atoms with E-state index in [0.717, 1.165) is 12.3 Å². The fraction of sp³-hybridized carbons (Fsp3) is 0.625. The molecule has 2 nitrogen and oxygen atoms in total. The molecule has 1 aliphatic rings. The van der Waals surface area contributed by atoms with Crippen LogP contribution in [-0.2, 0) is 0 Å². The average molecular weight is 246 g/mol. The molecule has 1 saturated carbocycles. The van der Waals surface area contributed by atoms with Crippen LogP contribution in [0.3, 0.4) is 0 Å². The fourth-order valence-electron chi connectivity index (χ4n) is 3.11. The van der Waals surface area contributed by atoms with Crippen molar-refractivity contribution in [3.8, 4) is 0 Å². The Bertz CT molecular complexity index is 356. The summed E-state index contributed by atoms with van der Waals surface area (Å²) in [6, 6.07) is 8.99. The van der Waals surface area contributed by atoms with Gasteiger partial charge in [0.1, 0.15) is 0 Å². The monoisotopic (exact) mass is 246 g/mol. The summed E-state index contributed by atoms with van der Waals surface area (Å²) >= 11 is 0. The van der Waals surface area contributed by atoms with E-state index in [9.17, 15) is 0 Å². The molecule has 1 aromatic rings. The average Bonchev–Trinajstić information content (AvgIpc) is 2.41. The lowest BCUT2D eigenvalue weighted by molar-refractivity contribution is 0.315. The summed E-state index contributed by atoms with van der Waals surface area (Å²) in [4.78, 5) is 0. The third-order valence-corrected chi connectivity index (χ3v) is 4.23. The first-order chi connectivity index (χ1) is 8.79. The highest BCUT2D eigenvalue weighted by molar-refractivity contribution is 5.24. The third-order valence-electron chi connectivity index (χ3n) is 4.23. The molecule has 2 rings (SSSR count). The lowest BCUT2D eigenvalue weighted by atomic mass is 9.84. The quantitative estimate of drug-likeness (QED) is 0.611. The number of hydrazine groups is 1. The maximum atomic E-state index is 5.72. The van der Waals surface area contributed by atoms with Gasteiger partial charge in [0.15, 0.2) is 0 Å². The van der Waals surface area contributed by atoms with E-state index in [1.165, 1.54) is 49.7 Å². The van der Waals surface area contributed by atoms with E-state index in [2.05, 4.69) is 36.6 Å². The molecule has 0 aromatic heterocycles. The zero-order valence-electron chi connectivity index (χ0n) is 11.5. The second-order valence-electron chi connectivity index (χ2n) is 5.71. The number of hydrogen-bond donors (Lipinski definition) is 2. The number of nitrogens with two attached hydrogens (primary N) is 1. The molecule has 0 radical (unpaired) electrons. The molecule has 0 amide bonds. The first kappa shape index (κ1) is 13.6. The maximum Gasteiger partial charge on any atom is 0.0460 e. The largest absolute Gasteiger partial charge is 0.271 e. The molecule has 1 aromatic carbocycles. The van der Waals surface area contributed by atoms with Crippen LogP contribution in [0.25, 0.3) is 0 Å². The van der Waals surface area contributed by atoms with E-state index < -0.39 is 0 Å². The van der Waals surface area contributed by atoms with Gasteiger partial charge in [-0.2, -0.15) is 0 Å². The molecular weight excluding hydrogens is 220 g/mol. The second-order valence-corrected chi connectivity index (χ2v) is 5.71. The first-order valence-electron chi connectivity index (χ1n) is 7.32. The van der Waals surface area contributed by atoms with Gasteiger partial charge in [0.2, 0.25) is 0 Å². The summed E-state index contributed by atoms with van der Waals surface area (Å²) in [5, 5.41) is 0. The van der Waals surface area contributed by atoms with Gasteiger partial charge in [-0.1, -0.05) is 61.9 Å². The van der Waals surface area contributed by atoms with Crippen molar-refractivity contribution < 1.29 is 0 Å². The van der Waals surface area contributed by atoms with Crippen LogP contribution in [0.15, 0.2) is 24.3 Å². The number of rotatable bonds is 5. The van der Waals surface area contributed by atoms with Gasteiger partial charge in [0.05, 0.1) is 0 Å². The van der Waals surface area contributed by atoms with E-state index >= 15 is 0 Å². The number of benzene rings is 1. The van der Waals surface area contributed by atoms with Crippen molar-refractivity contribution in [2.75, 3.05) is 0 Å². The van der Waals surface area contributed by atoms with E-state index in [4.69, 9.17) is 5.84 Å². The van der Waals surface area contributed by atoms with Crippen LogP contribution in [0, 0.1) is 12.8 Å². The standard InChI is InChI=1S/C16H26N2/c1-13-6-5-9-15(12-13)16(18-17)11-10-14-7-3-2-4-8-14/h5-6,9,12,14,16,18H,2-4,7-8,10-11,17H2,1H3. The van der Waals surface area contributed by atoms with Crippen LogP contribution >= 0.6 is 0 Å². The lowest BCUT2D eigenvalue weighted by Gasteiger charge is -2.24. The Balaban J connectivity index is 1.88. The van der Waals surface area contributed by atoms with E-state index in [1.54, 1.807) is 0 Å². The summed E-state index contributed by atoms with van der Waals surface area (Å²) in [7, 11) is 0. The Morgan fingerprint density at radius 1 is 1.28 bits per heavy atom. The van der Waals surface area contributed by atoms with Crippen molar-refractivity contribution in [3.63, 3.8) is 0 Å². The Morgan fingerprint density at radius 3 is 2.72 bits per heavy atom. The molecule has 18 heavy (non-hydrogen) atoms. The summed E-state index contributed by atoms with van der Waals surface area (Å²) < 4.78 is 0. The number of aryl methyl sites for hydroxylation is 1. The molecule has 3 N–H and O–H groups in total. The van der Waals surface area contributed by atoms with Gasteiger partial charge in [-0.25, -0.2) is 0 Å². The maximum absolute atomic E-state index is 5.72. The lowest BCUT2D eigenvalue weighted by Crippen LogP contribution is -2.28. The summed E-state index contributed by atoms with van der Waals surface area (Å²) in [6.07, 6.45) is 9.60. The normalized spacial score (nSPS) is 18.8. The summed E-state index contributed by atoms with van der Waals surface area (Å²) in [5.41, 5.74) is 5.62.